The van der Waals surface area contributed by atoms with Gasteiger partial charge in [-0.05, 0) is 35.6 Å². The van der Waals surface area contributed by atoms with Crippen molar-refractivity contribution in [1.29, 1.82) is 0 Å². The van der Waals surface area contributed by atoms with Gasteiger partial charge in [-0.1, -0.05) is 61.5 Å². The van der Waals surface area contributed by atoms with Gasteiger partial charge in [0, 0.05) is 25.5 Å². The number of nitrogens with one attached hydrogen (secondary N) is 1. The Balaban J connectivity index is 1.40. The van der Waals surface area contributed by atoms with Crippen LogP contribution in [0.4, 0.5) is 0 Å². The summed E-state index contributed by atoms with van der Waals surface area (Å²) in [6, 6.07) is 19.5. The molecule has 3 aromatic rings. The molecule has 0 bridgehead atoms. The molecule has 0 aliphatic rings. The molecule has 1 aromatic heterocycles. The molecule has 1 unspecified atom stereocenters. The monoisotopic (exact) mass is 319 g/mol. The molecule has 3 rings (SSSR count). The van der Waals surface area contributed by atoms with E-state index in [2.05, 4.69) is 76.4 Å². The second-order valence-electron chi connectivity index (χ2n) is 6.33. The van der Waals surface area contributed by atoms with Crippen molar-refractivity contribution in [3.05, 3.63) is 90.0 Å². The van der Waals surface area contributed by atoms with E-state index in [0.717, 1.165) is 26.1 Å². The maximum absolute atomic E-state index is 4.07. The molecule has 0 radical (unpaired) electrons. The molecular formula is C21H25N3. The average Bonchev–Trinajstić information content (AvgIpc) is 3.14. The summed E-state index contributed by atoms with van der Waals surface area (Å²) < 4.78 is 2.08. The zero-order chi connectivity index (χ0) is 16.6. The number of aromatic nitrogens is 2. The molecule has 3 nitrogen and oxygen atoms in total. The van der Waals surface area contributed by atoms with E-state index >= 15 is 0 Å². The Labute approximate surface area is 144 Å². The van der Waals surface area contributed by atoms with Crippen molar-refractivity contribution < 1.29 is 0 Å². The maximum Gasteiger partial charge on any atom is 0.0949 e. The first-order valence-corrected chi connectivity index (χ1v) is 8.60. The third-order valence-corrected chi connectivity index (χ3v) is 4.40. The Morgan fingerprint density at radius 3 is 2.46 bits per heavy atom. The van der Waals surface area contributed by atoms with E-state index in [1.165, 1.54) is 16.7 Å². The molecule has 2 aromatic carbocycles. The lowest BCUT2D eigenvalue weighted by Crippen LogP contribution is -2.16. The van der Waals surface area contributed by atoms with Gasteiger partial charge in [0.25, 0.3) is 0 Å². The molecule has 0 spiro atoms. The summed E-state index contributed by atoms with van der Waals surface area (Å²) in [6.07, 6.45) is 6.81. The summed E-state index contributed by atoms with van der Waals surface area (Å²) in [4.78, 5) is 4.07. The van der Waals surface area contributed by atoms with Gasteiger partial charge in [-0.25, -0.2) is 4.98 Å². The number of hydrogen-bond donors (Lipinski definition) is 1. The highest BCUT2D eigenvalue weighted by Crippen LogP contribution is 2.17. The number of benzene rings is 2. The van der Waals surface area contributed by atoms with Crippen LogP contribution in [0.25, 0.3) is 0 Å². The van der Waals surface area contributed by atoms with Gasteiger partial charge >= 0.3 is 0 Å². The lowest BCUT2D eigenvalue weighted by atomic mass is 9.98. The van der Waals surface area contributed by atoms with Crippen molar-refractivity contribution in [3.8, 4) is 0 Å². The van der Waals surface area contributed by atoms with Crippen molar-refractivity contribution in [3.63, 3.8) is 0 Å². The van der Waals surface area contributed by atoms with Gasteiger partial charge in [0.2, 0.25) is 0 Å². The molecule has 3 heteroatoms. The van der Waals surface area contributed by atoms with Crippen molar-refractivity contribution in [1.82, 2.24) is 14.9 Å². The standard InChI is InChI=1S/C21H25N3/c1-18(21-5-3-2-4-6-21)11-12-22-15-19-7-9-20(10-8-19)16-24-14-13-23-17-24/h2-10,13-14,17-18,22H,11-12,15-16H2,1H3. The lowest BCUT2D eigenvalue weighted by Gasteiger charge is -2.12. The van der Waals surface area contributed by atoms with Crippen LogP contribution in [0.2, 0.25) is 0 Å². The third-order valence-electron chi connectivity index (χ3n) is 4.40. The summed E-state index contributed by atoms with van der Waals surface area (Å²) in [6.45, 7) is 5.13. The largest absolute Gasteiger partial charge is 0.333 e. The maximum atomic E-state index is 4.07. The van der Waals surface area contributed by atoms with E-state index in [-0.39, 0.29) is 0 Å². The Hall–Kier alpha value is -2.39. The van der Waals surface area contributed by atoms with E-state index < -0.39 is 0 Å². The summed E-state index contributed by atoms with van der Waals surface area (Å²) >= 11 is 0. The van der Waals surface area contributed by atoms with Gasteiger partial charge in [-0.2, -0.15) is 0 Å². The summed E-state index contributed by atoms with van der Waals surface area (Å²) in [5.41, 5.74) is 4.05. The third kappa shape index (κ3) is 4.80. The van der Waals surface area contributed by atoms with Gasteiger partial charge in [0.1, 0.15) is 0 Å². The number of rotatable bonds is 8. The second kappa shape index (κ2) is 8.46. The quantitative estimate of drug-likeness (QED) is 0.630. The van der Waals surface area contributed by atoms with Crippen molar-refractivity contribution in [2.24, 2.45) is 0 Å². The topological polar surface area (TPSA) is 29.9 Å². The van der Waals surface area contributed by atoms with Crippen molar-refractivity contribution in [2.45, 2.75) is 32.4 Å². The fourth-order valence-electron chi connectivity index (χ4n) is 2.85. The molecule has 0 saturated carbocycles. The minimum Gasteiger partial charge on any atom is -0.333 e. The van der Waals surface area contributed by atoms with Crippen LogP contribution in [-0.4, -0.2) is 16.1 Å². The van der Waals surface area contributed by atoms with E-state index in [0.29, 0.717) is 5.92 Å². The van der Waals surface area contributed by atoms with E-state index in [1.807, 2.05) is 18.7 Å². The molecule has 0 fully saturated rings. The number of imidazole rings is 1. The summed E-state index contributed by atoms with van der Waals surface area (Å²) in [7, 11) is 0. The zero-order valence-electron chi connectivity index (χ0n) is 14.2. The minimum absolute atomic E-state index is 0.594. The molecule has 1 atom stereocenters. The highest BCUT2D eigenvalue weighted by molar-refractivity contribution is 5.23. The van der Waals surface area contributed by atoms with Crippen LogP contribution >= 0.6 is 0 Å². The van der Waals surface area contributed by atoms with Gasteiger partial charge in [0.15, 0.2) is 0 Å². The predicted molar refractivity (Wildman–Crippen MR) is 99.0 cm³/mol. The van der Waals surface area contributed by atoms with E-state index in [4.69, 9.17) is 0 Å². The SMILES string of the molecule is CC(CCNCc1ccc(Cn2ccnc2)cc1)c1ccccc1. The molecule has 0 aliphatic carbocycles. The second-order valence-corrected chi connectivity index (χ2v) is 6.33. The molecule has 0 aliphatic heterocycles. The van der Waals surface area contributed by atoms with Gasteiger partial charge in [-0.3, -0.25) is 0 Å². The molecule has 0 saturated heterocycles. The van der Waals surface area contributed by atoms with E-state index in [1.54, 1.807) is 0 Å². The Kier molecular flexibility index (Phi) is 5.80. The molecule has 124 valence electrons. The zero-order valence-corrected chi connectivity index (χ0v) is 14.2. The van der Waals surface area contributed by atoms with E-state index in [9.17, 15) is 0 Å². The van der Waals surface area contributed by atoms with Crippen LogP contribution in [0.5, 0.6) is 0 Å². The van der Waals surface area contributed by atoms with Crippen LogP contribution in [0.15, 0.2) is 73.3 Å². The minimum atomic E-state index is 0.594. The molecular weight excluding hydrogens is 294 g/mol. The van der Waals surface area contributed by atoms with Gasteiger partial charge < -0.3 is 9.88 Å². The van der Waals surface area contributed by atoms with Crippen molar-refractivity contribution >= 4 is 0 Å². The Bertz CT molecular complexity index is 703. The first-order chi connectivity index (χ1) is 11.8. The molecule has 1 N–H and O–H groups in total. The Morgan fingerprint density at radius 2 is 1.75 bits per heavy atom. The fraction of sp³-hybridized carbons (Fsp3) is 0.286. The average molecular weight is 319 g/mol. The first-order valence-electron chi connectivity index (χ1n) is 8.60. The van der Waals surface area contributed by atoms with Gasteiger partial charge in [-0.15, -0.1) is 0 Å². The van der Waals surface area contributed by atoms with Gasteiger partial charge in [0.05, 0.1) is 6.33 Å². The molecule has 24 heavy (non-hydrogen) atoms. The van der Waals surface area contributed by atoms with Crippen LogP contribution in [0.1, 0.15) is 36.0 Å². The normalized spacial score (nSPS) is 12.2. The molecule has 1 heterocycles. The van der Waals surface area contributed by atoms with Crippen LogP contribution in [-0.2, 0) is 13.1 Å². The Morgan fingerprint density at radius 1 is 1.00 bits per heavy atom. The fourth-order valence-corrected chi connectivity index (χ4v) is 2.85. The molecule has 0 amide bonds. The highest BCUT2D eigenvalue weighted by Gasteiger charge is 2.04. The number of hydrogen-bond acceptors (Lipinski definition) is 2. The van der Waals surface area contributed by atoms with Crippen LogP contribution in [0, 0.1) is 0 Å². The van der Waals surface area contributed by atoms with Crippen LogP contribution < -0.4 is 5.32 Å². The first kappa shape index (κ1) is 16.5. The predicted octanol–water partition coefficient (Wildman–Crippen LogP) is 4.21. The summed E-state index contributed by atoms with van der Waals surface area (Å²) in [5.74, 6) is 0.594. The summed E-state index contributed by atoms with van der Waals surface area (Å²) in [5, 5.41) is 3.55. The van der Waals surface area contributed by atoms with Crippen molar-refractivity contribution in [2.75, 3.05) is 6.54 Å². The van der Waals surface area contributed by atoms with Crippen LogP contribution in [0.3, 0.4) is 0 Å². The smallest absolute Gasteiger partial charge is 0.0949 e. The highest BCUT2D eigenvalue weighted by atomic mass is 15.0. The lowest BCUT2D eigenvalue weighted by molar-refractivity contribution is 0.594. The number of nitrogens with zero attached hydrogens (tertiary/aromatic N) is 2.